The van der Waals surface area contributed by atoms with Gasteiger partial charge >= 0.3 is 6.18 Å². The summed E-state index contributed by atoms with van der Waals surface area (Å²) < 4.78 is 50.4. The van der Waals surface area contributed by atoms with Gasteiger partial charge in [0.15, 0.2) is 0 Å². The maximum Gasteiger partial charge on any atom is 0.416 e. The van der Waals surface area contributed by atoms with Crippen LogP contribution in [0.5, 0.6) is 5.75 Å². The number of ether oxygens (including phenoxy) is 2. The minimum absolute atomic E-state index is 0.0452. The molecule has 11 heteroatoms. The molecule has 37 heavy (non-hydrogen) atoms. The van der Waals surface area contributed by atoms with Crippen molar-refractivity contribution < 1.29 is 37.0 Å². The van der Waals surface area contributed by atoms with Gasteiger partial charge in [-0.1, -0.05) is 0 Å². The molecule has 3 atom stereocenters. The summed E-state index contributed by atoms with van der Waals surface area (Å²) in [4.78, 5) is 39.5. The highest BCUT2D eigenvalue weighted by molar-refractivity contribution is 6.05. The molecule has 4 rings (SSSR count). The molecule has 2 N–H and O–H groups in total. The standard InChI is InChI=1S/C26H28F3N3O5/c1-3-30-23(33)13-18-9-10-20-22(37-18)14-36-21-11-8-17(12-19(21)25(35)32(20)2)31-24(34)15-4-6-16(7-5-15)26(27,28)29/h4-8,11-12,18,20,22H,3,9-10,13-14H2,1-2H3,(H,30,33)(H,31,34)/t18-,20-,22-/m0/s1. The van der Waals surface area contributed by atoms with E-state index in [4.69, 9.17) is 9.47 Å². The minimum atomic E-state index is -4.50. The largest absolute Gasteiger partial charge is 0.490 e. The average molecular weight is 520 g/mol. The van der Waals surface area contributed by atoms with E-state index in [0.29, 0.717) is 30.8 Å². The number of carbonyl (C=O) groups is 3. The van der Waals surface area contributed by atoms with Gasteiger partial charge in [0, 0.05) is 24.8 Å². The fraction of sp³-hybridized carbons (Fsp3) is 0.423. The van der Waals surface area contributed by atoms with Crippen molar-refractivity contribution in [1.82, 2.24) is 10.2 Å². The highest BCUT2D eigenvalue weighted by Crippen LogP contribution is 2.33. The van der Waals surface area contributed by atoms with Gasteiger partial charge in [-0.15, -0.1) is 0 Å². The van der Waals surface area contributed by atoms with Crippen molar-refractivity contribution in [2.45, 2.75) is 50.6 Å². The third kappa shape index (κ3) is 6.04. The van der Waals surface area contributed by atoms with Gasteiger partial charge in [0.1, 0.15) is 18.5 Å². The van der Waals surface area contributed by atoms with Crippen molar-refractivity contribution in [1.29, 1.82) is 0 Å². The fourth-order valence-corrected chi connectivity index (χ4v) is 4.60. The summed E-state index contributed by atoms with van der Waals surface area (Å²) in [5.74, 6) is -0.697. The summed E-state index contributed by atoms with van der Waals surface area (Å²) in [6.07, 6.45) is -3.67. The van der Waals surface area contributed by atoms with Gasteiger partial charge in [-0.25, -0.2) is 0 Å². The van der Waals surface area contributed by atoms with Crippen LogP contribution in [0.25, 0.3) is 0 Å². The zero-order chi connectivity index (χ0) is 26.7. The van der Waals surface area contributed by atoms with E-state index in [1.54, 1.807) is 24.1 Å². The predicted molar refractivity (Wildman–Crippen MR) is 128 cm³/mol. The molecule has 0 aliphatic carbocycles. The van der Waals surface area contributed by atoms with Crippen molar-refractivity contribution >= 4 is 23.4 Å². The second-order valence-electron chi connectivity index (χ2n) is 9.07. The number of hydrogen-bond acceptors (Lipinski definition) is 5. The van der Waals surface area contributed by atoms with Crippen LogP contribution in [0.4, 0.5) is 18.9 Å². The predicted octanol–water partition coefficient (Wildman–Crippen LogP) is 3.86. The number of halogens is 3. The van der Waals surface area contributed by atoms with E-state index in [1.165, 1.54) is 6.07 Å². The zero-order valence-electron chi connectivity index (χ0n) is 20.4. The number of rotatable bonds is 5. The Labute approximate surface area is 212 Å². The summed E-state index contributed by atoms with van der Waals surface area (Å²) in [7, 11) is 1.68. The molecule has 2 aromatic carbocycles. The first-order valence-corrected chi connectivity index (χ1v) is 12.0. The molecule has 2 aliphatic heterocycles. The van der Waals surface area contributed by atoms with Gasteiger partial charge < -0.3 is 25.0 Å². The number of hydrogen-bond donors (Lipinski definition) is 2. The summed E-state index contributed by atoms with van der Waals surface area (Å²) in [6.45, 7) is 2.57. The number of nitrogens with zero attached hydrogens (tertiary/aromatic N) is 1. The van der Waals surface area contributed by atoms with Gasteiger partial charge in [0.2, 0.25) is 5.91 Å². The lowest BCUT2D eigenvalue weighted by Gasteiger charge is -2.42. The molecule has 8 nitrogen and oxygen atoms in total. The summed E-state index contributed by atoms with van der Waals surface area (Å²) >= 11 is 0. The number of anilines is 1. The van der Waals surface area contributed by atoms with E-state index in [-0.39, 0.29) is 48.1 Å². The summed E-state index contributed by atoms with van der Waals surface area (Å²) in [5, 5.41) is 5.38. The summed E-state index contributed by atoms with van der Waals surface area (Å²) in [5.41, 5.74) is -0.260. The van der Waals surface area contributed by atoms with E-state index in [9.17, 15) is 27.6 Å². The highest BCUT2D eigenvalue weighted by Gasteiger charge is 2.39. The van der Waals surface area contributed by atoms with Crippen LogP contribution in [0.1, 0.15) is 52.5 Å². The molecule has 198 valence electrons. The van der Waals surface area contributed by atoms with Gasteiger partial charge in [0.25, 0.3) is 11.8 Å². The van der Waals surface area contributed by atoms with Crippen molar-refractivity contribution in [2.24, 2.45) is 0 Å². The first kappa shape index (κ1) is 26.5. The number of likely N-dealkylation sites (N-methyl/N-ethyl adjacent to an activating group) is 1. The SMILES string of the molecule is CCNC(=O)C[C@@H]1CC[C@H]2[C@H](COc3ccc(NC(=O)c4ccc(C(F)(F)F)cc4)cc3C(=O)N2C)O1. The van der Waals surface area contributed by atoms with E-state index < -0.39 is 23.8 Å². The number of alkyl halides is 3. The molecule has 2 heterocycles. The lowest BCUT2D eigenvalue weighted by atomic mass is 9.94. The van der Waals surface area contributed by atoms with Crippen molar-refractivity contribution in [3.05, 3.63) is 59.2 Å². The third-order valence-electron chi connectivity index (χ3n) is 6.53. The van der Waals surface area contributed by atoms with Gasteiger partial charge in [-0.3, -0.25) is 14.4 Å². The Morgan fingerprint density at radius 1 is 1.11 bits per heavy atom. The number of nitrogens with one attached hydrogen (secondary N) is 2. The second-order valence-corrected chi connectivity index (χ2v) is 9.07. The molecular weight excluding hydrogens is 491 g/mol. The van der Waals surface area contributed by atoms with Crippen LogP contribution in [0, 0.1) is 0 Å². The lowest BCUT2D eigenvalue weighted by Crippen LogP contribution is -2.54. The Kier molecular flexibility index (Phi) is 7.72. The molecule has 1 saturated heterocycles. The maximum atomic E-state index is 13.3. The normalized spacial score (nSPS) is 21.6. The highest BCUT2D eigenvalue weighted by atomic mass is 19.4. The Bertz CT molecular complexity index is 1170. The molecule has 2 aromatic rings. The Morgan fingerprint density at radius 3 is 2.51 bits per heavy atom. The number of amides is 3. The first-order chi connectivity index (χ1) is 17.6. The third-order valence-corrected chi connectivity index (χ3v) is 6.53. The molecule has 1 fully saturated rings. The Balaban J connectivity index is 1.47. The lowest BCUT2D eigenvalue weighted by molar-refractivity contribution is -0.137. The monoisotopic (exact) mass is 519 g/mol. The van der Waals surface area contributed by atoms with Crippen molar-refractivity contribution in [3.63, 3.8) is 0 Å². The molecule has 2 aliphatic rings. The van der Waals surface area contributed by atoms with Gasteiger partial charge in [-0.2, -0.15) is 13.2 Å². The fourth-order valence-electron chi connectivity index (χ4n) is 4.60. The van der Waals surface area contributed by atoms with Crippen molar-refractivity contribution in [3.8, 4) is 5.75 Å². The Hall–Kier alpha value is -3.60. The van der Waals surface area contributed by atoms with Gasteiger partial charge in [-0.05, 0) is 62.2 Å². The quantitative estimate of drug-likeness (QED) is 0.626. The maximum absolute atomic E-state index is 13.3. The molecule has 0 spiro atoms. The van der Waals surface area contributed by atoms with Crippen LogP contribution in [0.3, 0.4) is 0 Å². The smallest absolute Gasteiger partial charge is 0.416 e. The zero-order valence-corrected chi connectivity index (χ0v) is 20.4. The summed E-state index contributed by atoms with van der Waals surface area (Å²) in [6, 6.07) is 8.20. The average Bonchev–Trinajstić information content (AvgIpc) is 2.86. The molecule has 0 unspecified atom stereocenters. The molecule has 0 aromatic heterocycles. The molecule has 0 bridgehead atoms. The van der Waals surface area contributed by atoms with E-state index in [2.05, 4.69) is 10.6 Å². The van der Waals surface area contributed by atoms with E-state index >= 15 is 0 Å². The number of carbonyl (C=O) groups excluding carboxylic acids is 3. The minimum Gasteiger partial charge on any atom is -0.490 e. The molecular formula is C26H28F3N3O5. The number of benzene rings is 2. The van der Waals surface area contributed by atoms with Crippen LogP contribution in [0.15, 0.2) is 42.5 Å². The second kappa shape index (κ2) is 10.8. The molecule has 3 amide bonds. The number of fused-ring (bicyclic) bond motifs is 2. The van der Waals surface area contributed by atoms with Crippen molar-refractivity contribution in [2.75, 3.05) is 25.5 Å². The van der Waals surface area contributed by atoms with Crippen LogP contribution in [0.2, 0.25) is 0 Å². The first-order valence-electron chi connectivity index (χ1n) is 12.0. The molecule has 0 radical (unpaired) electrons. The van der Waals surface area contributed by atoms with Gasteiger partial charge in [0.05, 0.1) is 29.7 Å². The van der Waals surface area contributed by atoms with Crippen LogP contribution in [-0.4, -0.2) is 61.1 Å². The van der Waals surface area contributed by atoms with E-state index in [1.807, 2.05) is 6.92 Å². The Morgan fingerprint density at radius 2 is 1.84 bits per heavy atom. The van der Waals surface area contributed by atoms with Crippen LogP contribution in [-0.2, 0) is 15.7 Å². The molecule has 0 saturated carbocycles. The van der Waals surface area contributed by atoms with Crippen LogP contribution < -0.4 is 15.4 Å². The van der Waals surface area contributed by atoms with E-state index in [0.717, 1.165) is 24.3 Å². The topological polar surface area (TPSA) is 97.0 Å². The van der Waals surface area contributed by atoms with Crippen LogP contribution >= 0.6 is 0 Å².